The van der Waals surface area contributed by atoms with Crippen molar-refractivity contribution in [2.24, 2.45) is 7.05 Å². The Morgan fingerprint density at radius 3 is 2.94 bits per heavy atom. The summed E-state index contributed by atoms with van der Waals surface area (Å²) < 4.78 is 1.97. The van der Waals surface area contributed by atoms with Crippen LogP contribution in [0.15, 0.2) is 42.9 Å². The predicted octanol–water partition coefficient (Wildman–Crippen LogP) is 2.62. The van der Waals surface area contributed by atoms with E-state index in [9.17, 15) is 9.59 Å². The number of pyridine rings is 3. The van der Waals surface area contributed by atoms with Crippen molar-refractivity contribution in [1.82, 2.24) is 30.2 Å². The van der Waals surface area contributed by atoms with E-state index >= 15 is 0 Å². The fourth-order valence-electron chi connectivity index (χ4n) is 5.61. The minimum Gasteiger partial charge on any atom is -0.348 e. The zero-order valence-electron chi connectivity index (χ0n) is 19.7. The fourth-order valence-corrected chi connectivity index (χ4v) is 5.61. The van der Waals surface area contributed by atoms with E-state index in [0.717, 1.165) is 52.2 Å². The number of rotatable bonds is 3. The number of aryl methyl sites for hydroxylation is 1. The second kappa shape index (κ2) is 7.85. The molecule has 0 aliphatic carbocycles. The molecule has 0 radical (unpaired) electrons. The molecule has 1 atom stereocenters. The summed E-state index contributed by atoms with van der Waals surface area (Å²) in [4.78, 5) is 41.3. The Morgan fingerprint density at radius 2 is 2.03 bits per heavy atom. The van der Waals surface area contributed by atoms with Crippen LogP contribution in [-0.2, 0) is 24.9 Å². The largest absolute Gasteiger partial charge is 0.348 e. The highest BCUT2D eigenvalue weighted by atomic mass is 16.2. The van der Waals surface area contributed by atoms with Crippen LogP contribution in [0, 0.1) is 0 Å². The molecule has 0 unspecified atom stereocenters. The van der Waals surface area contributed by atoms with E-state index in [0.29, 0.717) is 36.6 Å². The normalized spacial score (nSPS) is 18.6. The first-order chi connectivity index (χ1) is 17.6. The average Bonchev–Trinajstić information content (AvgIpc) is 3.53. The van der Waals surface area contributed by atoms with E-state index in [-0.39, 0.29) is 17.9 Å². The molecule has 1 fully saturated rings. The van der Waals surface area contributed by atoms with E-state index in [1.807, 2.05) is 47.0 Å². The minimum atomic E-state index is -0.142. The van der Waals surface area contributed by atoms with Crippen LogP contribution >= 0.6 is 0 Å². The molecule has 180 valence electrons. The second-order valence-corrected chi connectivity index (χ2v) is 9.45. The van der Waals surface area contributed by atoms with Gasteiger partial charge in [0.25, 0.3) is 5.91 Å². The van der Waals surface area contributed by atoms with Crippen molar-refractivity contribution in [2.45, 2.75) is 32.0 Å². The number of anilines is 3. The van der Waals surface area contributed by atoms with Gasteiger partial charge in [0.1, 0.15) is 11.5 Å². The Bertz CT molecular complexity index is 1580. The van der Waals surface area contributed by atoms with E-state index in [1.54, 1.807) is 12.4 Å². The molecule has 2 amide bonds. The smallest absolute Gasteiger partial charge is 0.254 e. The van der Waals surface area contributed by atoms with Crippen molar-refractivity contribution in [2.75, 3.05) is 16.8 Å². The molecular weight excluding hydrogens is 456 g/mol. The number of nitrogens with zero attached hydrogens (tertiary/aromatic N) is 5. The third kappa shape index (κ3) is 3.11. The van der Waals surface area contributed by atoms with Gasteiger partial charge < -0.3 is 25.4 Å². The van der Waals surface area contributed by atoms with Crippen LogP contribution in [-0.4, -0.2) is 43.9 Å². The van der Waals surface area contributed by atoms with Gasteiger partial charge in [-0.2, -0.15) is 0 Å². The lowest BCUT2D eigenvalue weighted by Gasteiger charge is -2.23. The number of hydrogen-bond donors (Lipinski definition) is 3. The Kier molecular flexibility index (Phi) is 4.58. The van der Waals surface area contributed by atoms with E-state index in [1.165, 1.54) is 0 Å². The summed E-state index contributed by atoms with van der Waals surface area (Å²) in [5.74, 6) is 0.605. The molecule has 10 nitrogen and oxygen atoms in total. The Labute approximate surface area is 206 Å². The van der Waals surface area contributed by atoms with Crippen LogP contribution in [0.2, 0.25) is 0 Å². The highest BCUT2D eigenvalue weighted by Gasteiger charge is 2.35. The predicted molar refractivity (Wildman–Crippen MR) is 135 cm³/mol. The summed E-state index contributed by atoms with van der Waals surface area (Å²) in [7, 11) is 1.96. The molecule has 0 saturated carbocycles. The van der Waals surface area contributed by atoms with Crippen LogP contribution in [0.1, 0.15) is 34.5 Å². The van der Waals surface area contributed by atoms with Gasteiger partial charge in [0, 0.05) is 68.1 Å². The van der Waals surface area contributed by atoms with Crippen molar-refractivity contribution in [3.63, 3.8) is 0 Å². The first-order valence-electron chi connectivity index (χ1n) is 12.1. The van der Waals surface area contributed by atoms with E-state index in [4.69, 9.17) is 9.97 Å². The molecule has 7 rings (SSSR count). The van der Waals surface area contributed by atoms with E-state index < -0.39 is 0 Å². The van der Waals surface area contributed by atoms with Crippen molar-refractivity contribution < 1.29 is 9.59 Å². The van der Waals surface area contributed by atoms with Gasteiger partial charge in [-0.1, -0.05) is 0 Å². The molecule has 1 saturated heterocycles. The summed E-state index contributed by atoms with van der Waals surface area (Å²) in [6, 6.07) is 7.93. The van der Waals surface area contributed by atoms with Gasteiger partial charge in [-0.05, 0) is 30.7 Å². The van der Waals surface area contributed by atoms with Crippen molar-refractivity contribution in [3.05, 3.63) is 59.7 Å². The standard InChI is InChI=1S/C26H24N8O2/c1-33-9-7-16-15(6-8-28-25(16)33)24-17-11-30-26(36)23(17)19(13-29-24)32-21-4-3-20-18(31-21)12-27-10-14-2-5-22(35)34(14)20/h3-4,6-9,13-14,27H,2,5,10-12H2,1H3,(H,30,36)(H,31,32)/t14-/m1/s1. The van der Waals surface area contributed by atoms with Crippen LogP contribution in [0.4, 0.5) is 17.2 Å². The number of fused-ring (bicyclic) bond motifs is 5. The number of aromatic nitrogens is 4. The molecule has 7 heterocycles. The molecule has 10 heteroatoms. The lowest BCUT2D eigenvalue weighted by Crippen LogP contribution is -2.37. The first-order valence-corrected chi connectivity index (χ1v) is 12.1. The average molecular weight is 481 g/mol. The highest BCUT2D eigenvalue weighted by molar-refractivity contribution is 6.06. The third-order valence-electron chi connectivity index (χ3n) is 7.33. The minimum absolute atomic E-state index is 0.142. The zero-order chi connectivity index (χ0) is 24.4. The zero-order valence-corrected chi connectivity index (χ0v) is 19.7. The van der Waals surface area contributed by atoms with Gasteiger partial charge in [0.2, 0.25) is 5.91 Å². The van der Waals surface area contributed by atoms with Crippen LogP contribution < -0.4 is 20.9 Å². The fraction of sp³-hybridized carbons (Fsp3) is 0.269. The lowest BCUT2D eigenvalue weighted by atomic mass is 10.0. The lowest BCUT2D eigenvalue weighted by molar-refractivity contribution is -0.117. The maximum atomic E-state index is 12.9. The molecule has 0 bridgehead atoms. The molecule has 3 N–H and O–H groups in total. The number of carbonyl (C=O) groups is 2. The molecule has 36 heavy (non-hydrogen) atoms. The van der Waals surface area contributed by atoms with Gasteiger partial charge in [0.15, 0.2) is 0 Å². The third-order valence-corrected chi connectivity index (χ3v) is 7.33. The molecule has 0 spiro atoms. The molecule has 3 aliphatic rings. The molecule has 3 aliphatic heterocycles. The maximum Gasteiger partial charge on any atom is 0.254 e. The first kappa shape index (κ1) is 21.0. The van der Waals surface area contributed by atoms with Gasteiger partial charge in [-0.15, -0.1) is 0 Å². The Hall–Kier alpha value is -4.31. The number of carbonyl (C=O) groups excluding carboxylic acids is 2. The van der Waals surface area contributed by atoms with Crippen LogP contribution in [0.5, 0.6) is 0 Å². The second-order valence-electron chi connectivity index (χ2n) is 9.45. The van der Waals surface area contributed by atoms with E-state index in [2.05, 4.69) is 20.9 Å². The van der Waals surface area contributed by atoms with Crippen LogP contribution in [0.25, 0.3) is 22.3 Å². The number of hydrogen-bond acceptors (Lipinski definition) is 7. The Morgan fingerprint density at radius 1 is 1.11 bits per heavy atom. The Balaban J connectivity index is 1.28. The number of amides is 2. The molecular formula is C26H24N8O2. The number of nitrogens with one attached hydrogen (secondary N) is 3. The van der Waals surface area contributed by atoms with Crippen molar-refractivity contribution >= 4 is 40.0 Å². The van der Waals surface area contributed by atoms with Crippen molar-refractivity contribution in [3.8, 4) is 11.3 Å². The van der Waals surface area contributed by atoms with Gasteiger partial charge in [-0.3, -0.25) is 14.6 Å². The van der Waals surface area contributed by atoms with Gasteiger partial charge >= 0.3 is 0 Å². The summed E-state index contributed by atoms with van der Waals surface area (Å²) in [6.45, 7) is 1.74. The maximum absolute atomic E-state index is 12.9. The summed E-state index contributed by atoms with van der Waals surface area (Å²) in [6.07, 6.45) is 6.86. The quantitative estimate of drug-likeness (QED) is 0.413. The summed E-state index contributed by atoms with van der Waals surface area (Å²) in [5.41, 5.74) is 6.28. The topological polar surface area (TPSA) is 117 Å². The van der Waals surface area contributed by atoms with Crippen LogP contribution in [0.3, 0.4) is 0 Å². The van der Waals surface area contributed by atoms with Gasteiger partial charge in [0.05, 0.1) is 34.5 Å². The summed E-state index contributed by atoms with van der Waals surface area (Å²) in [5, 5.41) is 10.7. The van der Waals surface area contributed by atoms with Gasteiger partial charge in [-0.25, -0.2) is 9.97 Å². The van der Waals surface area contributed by atoms with Crippen molar-refractivity contribution in [1.29, 1.82) is 0 Å². The monoisotopic (exact) mass is 480 g/mol. The molecule has 4 aromatic rings. The highest BCUT2D eigenvalue weighted by Crippen LogP contribution is 2.37. The SMILES string of the molecule is Cn1ccc2c(-c3ncc(Nc4ccc5c(n4)CNC[C@H]4CCC(=O)N54)c4c3CNC4=O)ccnc21. The molecule has 4 aromatic heterocycles. The molecule has 0 aromatic carbocycles. The summed E-state index contributed by atoms with van der Waals surface area (Å²) >= 11 is 0.